The van der Waals surface area contributed by atoms with Crippen LogP contribution in [0.1, 0.15) is 30.1 Å². The van der Waals surface area contributed by atoms with Crippen molar-refractivity contribution in [1.82, 2.24) is 15.5 Å². The monoisotopic (exact) mass is 496 g/mol. The molecule has 0 atom stereocenters. The summed E-state index contributed by atoms with van der Waals surface area (Å²) in [5.74, 6) is 0.787. The van der Waals surface area contributed by atoms with Crippen molar-refractivity contribution < 1.29 is 4.79 Å². The van der Waals surface area contributed by atoms with Gasteiger partial charge in [-0.05, 0) is 30.7 Å². The number of nitrogens with zero attached hydrogens (tertiary/aromatic N) is 2. The molecule has 23 heavy (non-hydrogen) atoms. The van der Waals surface area contributed by atoms with Crippen LogP contribution in [0.4, 0.5) is 0 Å². The van der Waals surface area contributed by atoms with E-state index in [0.29, 0.717) is 18.7 Å². The molecule has 130 valence electrons. The van der Waals surface area contributed by atoms with E-state index in [2.05, 4.69) is 43.4 Å². The number of amides is 1. The number of guanidine groups is 1. The summed E-state index contributed by atoms with van der Waals surface area (Å²) in [6, 6.07) is 7.31. The Morgan fingerprint density at radius 2 is 1.83 bits per heavy atom. The van der Waals surface area contributed by atoms with Crippen LogP contribution >= 0.6 is 39.9 Å². The van der Waals surface area contributed by atoms with E-state index >= 15 is 0 Å². The number of benzene rings is 1. The lowest BCUT2D eigenvalue weighted by Crippen LogP contribution is -2.42. The molecule has 0 radical (unpaired) electrons. The number of rotatable bonds is 7. The van der Waals surface area contributed by atoms with E-state index in [1.807, 2.05) is 19.2 Å². The quantitative estimate of drug-likeness (QED) is 0.264. The zero-order valence-electron chi connectivity index (χ0n) is 13.9. The van der Waals surface area contributed by atoms with Crippen LogP contribution in [-0.2, 0) is 0 Å². The fourth-order valence-corrected chi connectivity index (χ4v) is 2.20. The molecule has 0 saturated heterocycles. The van der Waals surface area contributed by atoms with Gasteiger partial charge in [-0.1, -0.05) is 29.3 Å². The lowest BCUT2D eigenvalue weighted by atomic mass is 10.2. The summed E-state index contributed by atoms with van der Waals surface area (Å²) in [5, 5.41) is 6.14. The maximum Gasteiger partial charge on any atom is 0.251 e. The lowest BCUT2D eigenvalue weighted by Gasteiger charge is -2.21. The first kappa shape index (κ1) is 22.2. The molecule has 0 bridgehead atoms. The van der Waals surface area contributed by atoms with Crippen LogP contribution in [0.15, 0.2) is 33.7 Å². The summed E-state index contributed by atoms with van der Waals surface area (Å²) in [6.45, 7) is 4.34. The molecule has 0 aliphatic rings. The highest BCUT2D eigenvalue weighted by Gasteiger charge is 2.06. The Hall–Kier alpha value is -0.830. The fraction of sp³-hybridized carbons (Fsp3) is 0.500. The average molecular weight is 497 g/mol. The molecule has 1 amide bonds. The minimum atomic E-state index is -0.0661. The topological polar surface area (TPSA) is 56.7 Å². The van der Waals surface area contributed by atoms with Gasteiger partial charge in [0.25, 0.3) is 5.91 Å². The standard InChI is InChI=1S/C16H25BrN4O.HI/c1-4-5-12-21(3)16(18-2)20-11-10-19-15(22)13-6-8-14(17)9-7-13;/h6-9H,4-5,10-12H2,1-3H3,(H,18,20)(H,19,22);1H. The summed E-state index contributed by atoms with van der Waals surface area (Å²) >= 11 is 3.35. The van der Waals surface area contributed by atoms with Gasteiger partial charge in [-0.25, -0.2) is 0 Å². The van der Waals surface area contributed by atoms with Crippen molar-refractivity contribution in [1.29, 1.82) is 0 Å². The van der Waals surface area contributed by atoms with Crippen molar-refractivity contribution in [2.75, 3.05) is 33.7 Å². The molecular formula is C16H26BrIN4O. The van der Waals surface area contributed by atoms with Crippen molar-refractivity contribution in [3.63, 3.8) is 0 Å². The first-order valence-corrected chi connectivity index (χ1v) is 8.33. The molecule has 2 N–H and O–H groups in total. The van der Waals surface area contributed by atoms with Crippen LogP contribution in [0.3, 0.4) is 0 Å². The van der Waals surface area contributed by atoms with Gasteiger partial charge in [0, 0.05) is 43.8 Å². The summed E-state index contributed by atoms with van der Waals surface area (Å²) in [5.41, 5.74) is 0.660. The second-order valence-corrected chi connectivity index (χ2v) is 5.93. The highest BCUT2D eigenvalue weighted by molar-refractivity contribution is 14.0. The SMILES string of the molecule is CCCCN(C)C(=NC)NCCNC(=O)c1ccc(Br)cc1.I. The predicted molar refractivity (Wildman–Crippen MR) is 111 cm³/mol. The molecule has 0 aliphatic carbocycles. The van der Waals surface area contributed by atoms with E-state index in [1.54, 1.807) is 19.2 Å². The second-order valence-electron chi connectivity index (χ2n) is 5.01. The van der Waals surface area contributed by atoms with Gasteiger partial charge in [-0.2, -0.15) is 0 Å². The van der Waals surface area contributed by atoms with E-state index in [4.69, 9.17) is 0 Å². The molecule has 1 rings (SSSR count). The van der Waals surface area contributed by atoms with Gasteiger partial charge in [0.15, 0.2) is 5.96 Å². The van der Waals surface area contributed by atoms with Crippen LogP contribution < -0.4 is 10.6 Å². The zero-order chi connectivity index (χ0) is 16.4. The Balaban J connectivity index is 0.00000484. The van der Waals surface area contributed by atoms with Gasteiger partial charge >= 0.3 is 0 Å². The molecule has 0 unspecified atom stereocenters. The summed E-state index contributed by atoms with van der Waals surface area (Å²) in [7, 11) is 3.79. The number of unbranched alkanes of at least 4 members (excludes halogenated alkanes) is 1. The van der Waals surface area contributed by atoms with E-state index in [9.17, 15) is 4.79 Å². The zero-order valence-corrected chi connectivity index (χ0v) is 17.9. The third kappa shape index (κ3) is 8.55. The van der Waals surface area contributed by atoms with Crippen molar-refractivity contribution in [3.05, 3.63) is 34.3 Å². The van der Waals surface area contributed by atoms with Crippen LogP contribution in [0.5, 0.6) is 0 Å². The molecule has 0 saturated carbocycles. The number of hydrogen-bond acceptors (Lipinski definition) is 2. The van der Waals surface area contributed by atoms with E-state index in [0.717, 1.165) is 29.8 Å². The first-order valence-electron chi connectivity index (χ1n) is 7.54. The van der Waals surface area contributed by atoms with Gasteiger partial charge in [0.05, 0.1) is 0 Å². The highest BCUT2D eigenvalue weighted by atomic mass is 127. The Labute approximate surface area is 164 Å². The van der Waals surface area contributed by atoms with E-state index in [-0.39, 0.29) is 29.9 Å². The Kier molecular flexibility index (Phi) is 12.1. The van der Waals surface area contributed by atoms with Crippen LogP contribution in [0, 0.1) is 0 Å². The average Bonchev–Trinajstić information content (AvgIpc) is 2.53. The number of carbonyl (C=O) groups excluding carboxylic acids is 1. The summed E-state index contributed by atoms with van der Waals surface area (Å²) < 4.78 is 0.963. The minimum Gasteiger partial charge on any atom is -0.354 e. The molecule has 0 spiro atoms. The first-order chi connectivity index (χ1) is 10.6. The van der Waals surface area contributed by atoms with Crippen molar-refractivity contribution in [3.8, 4) is 0 Å². The van der Waals surface area contributed by atoms with Gasteiger partial charge in [0.2, 0.25) is 0 Å². The molecule has 0 aliphatic heterocycles. The fourth-order valence-electron chi connectivity index (χ4n) is 1.94. The van der Waals surface area contributed by atoms with E-state index < -0.39 is 0 Å². The molecule has 1 aromatic carbocycles. The van der Waals surface area contributed by atoms with Gasteiger partial charge in [0.1, 0.15) is 0 Å². The summed E-state index contributed by atoms with van der Waals surface area (Å²) in [6.07, 6.45) is 2.29. The molecule has 1 aromatic rings. The van der Waals surface area contributed by atoms with Crippen LogP contribution in [0.25, 0.3) is 0 Å². The van der Waals surface area contributed by atoms with E-state index in [1.165, 1.54) is 0 Å². The third-order valence-corrected chi connectivity index (χ3v) is 3.75. The number of nitrogens with one attached hydrogen (secondary N) is 2. The Morgan fingerprint density at radius 1 is 1.22 bits per heavy atom. The van der Waals surface area contributed by atoms with Crippen molar-refractivity contribution in [2.45, 2.75) is 19.8 Å². The minimum absolute atomic E-state index is 0. The predicted octanol–water partition coefficient (Wildman–Crippen LogP) is 3.10. The second kappa shape index (κ2) is 12.6. The van der Waals surface area contributed by atoms with Gasteiger partial charge < -0.3 is 15.5 Å². The van der Waals surface area contributed by atoms with Gasteiger partial charge in [-0.15, -0.1) is 24.0 Å². The molecular weight excluding hydrogens is 471 g/mol. The lowest BCUT2D eigenvalue weighted by molar-refractivity contribution is 0.0954. The smallest absolute Gasteiger partial charge is 0.251 e. The third-order valence-electron chi connectivity index (χ3n) is 3.22. The maximum absolute atomic E-state index is 12.0. The number of aliphatic imine (C=N–C) groups is 1. The highest BCUT2D eigenvalue weighted by Crippen LogP contribution is 2.10. The Bertz CT molecular complexity index is 493. The molecule has 0 heterocycles. The Morgan fingerprint density at radius 3 is 2.39 bits per heavy atom. The number of hydrogen-bond donors (Lipinski definition) is 2. The largest absolute Gasteiger partial charge is 0.354 e. The van der Waals surface area contributed by atoms with Crippen LogP contribution in [-0.4, -0.2) is 50.5 Å². The molecule has 7 heteroatoms. The maximum atomic E-state index is 12.0. The molecule has 5 nitrogen and oxygen atoms in total. The number of halogens is 2. The van der Waals surface area contributed by atoms with Gasteiger partial charge in [-0.3, -0.25) is 9.79 Å². The normalized spacial score (nSPS) is 10.7. The summed E-state index contributed by atoms with van der Waals surface area (Å²) in [4.78, 5) is 18.3. The number of carbonyl (C=O) groups is 1. The van der Waals surface area contributed by atoms with Crippen molar-refractivity contribution in [2.24, 2.45) is 4.99 Å². The van der Waals surface area contributed by atoms with Crippen molar-refractivity contribution >= 4 is 51.8 Å². The van der Waals surface area contributed by atoms with Crippen LogP contribution in [0.2, 0.25) is 0 Å². The molecule has 0 aromatic heterocycles. The molecule has 0 fully saturated rings.